The van der Waals surface area contributed by atoms with Crippen molar-refractivity contribution in [3.05, 3.63) is 35.8 Å². The summed E-state index contributed by atoms with van der Waals surface area (Å²) in [5.41, 5.74) is 0. The quantitative estimate of drug-likeness (QED) is 0.799. The van der Waals surface area contributed by atoms with E-state index in [2.05, 4.69) is 30.9 Å². The Bertz CT molecular complexity index is 527. The molecule has 0 radical (unpaired) electrons. The predicted molar refractivity (Wildman–Crippen MR) is 82.0 cm³/mol. The molecule has 1 atom stereocenters. The van der Waals surface area contributed by atoms with Crippen LogP contribution in [0.2, 0.25) is 0 Å². The van der Waals surface area contributed by atoms with Crippen LogP contribution in [-0.4, -0.2) is 41.4 Å². The van der Waals surface area contributed by atoms with Gasteiger partial charge in [-0.1, -0.05) is 26.0 Å². The Balaban J connectivity index is 1.66. The van der Waals surface area contributed by atoms with Gasteiger partial charge in [0, 0.05) is 6.54 Å². The number of furan rings is 1. The van der Waals surface area contributed by atoms with Crippen LogP contribution in [0.25, 0.3) is 0 Å². The normalized spacial score (nSPS) is 22.6. The molecule has 4 heteroatoms. The van der Waals surface area contributed by atoms with Crippen LogP contribution in [0.4, 0.5) is 0 Å². The molecular weight excluding hydrogens is 264 g/mol. The highest BCUT2D eigenvalue weighted by Gasteiger charge is 2.29. The van der Waals surface area contributed by atoms with Crippen LogP contribution >= 0.6 is 0 Å². The van der Waals surface area contributed by atoms with E-state index < -0.39 is 0 Å². The Morgan fingerprint density at radius 1 is 1.33 bits per heavy atom. The highest BCUT2D eigenvalue weighted by Crippen LogP contribution is 2.22. The molecule has 114 valence electrons. The maximum absolute atomic E-state index is 12.6. The molecule has 1 aromatic heterocycles. The first-order valence-corrected chi connectivity index (χ1v) is 7.94. The molecule has 3 rings (SSSR count). The molecule has 0 saturated carbocycles. The number of nitrogens with zero attached hydrogens (tertiary/aromatic N) is 2. The summed E-state index contributed by atoms with van der Waals surface area (Å²) in [4.78, 5) is 16.9. The van der Waals surface area contributed by atoms with Crippen LogP contribution in [0.15, 0.2) is 28.7 Å². The average molecular weight is 288 g/mol. The van der Waals surface area contributed by atoms with E-state index >= 15 is 0 Å². The van der Waals surface area contributed by atoms with Crippen LogP contribution in [0.1, 0.15) is 43.0 Å². The molecule has 0 aliphatic carbocycles. The molecule has 0 bridgehead atoms. The van der Waals surface area contributed by atoms with Gasteiger partial charge in [0.1, 0.15) is 5.76 Å². The van der Waals surface area contributed by atoms with E-state index in [1.165, 1.54) is 12.8 Å². The minimum Gasteiger partial charge on any atom is -0.455 e. The fourth-order valence-corrected chi connectivity index (χ4v) is 3.22. The molecule has 1 fully saturated rings. The molecule has 4 nitrogen and oxygen atoms in total. The third-order valence-corrected chi connectivity index (χ3v) is 4.39. The van der Waals surface area contributed by atoms with Crippen LogP contribution in [0.5, 0.6) is 0 Å². The van der Waals surface area contributed by atoms with E-state index in [1.54, 1.807) is 0 Å². The third-order valence-electron chi connectivity index (χ3n) is 4.39. The van der Waals surface area contributed by atoms with Gasteiger partial charge in [0.2, 0.25) is 0 Å². The third kappa shape index (κ3) is 3.05. The van der Waals surface area contributed by atoms with Gasteiger partial charge < -0.3 is 9.32 Å². The number of hydrogen-bond donors (Lipinski definition) is 0. The molecule has 2 aliphatic heterocycles. The van der Waals surface area contributed by atoms with Crippen LogP contribution in [0, 0.1) is 5.92 Å². The summed E-state index contributed by atoms with van der Waals surface area (Å²) in [6.45, 7) is 8.05. The van der Waals surface area contributed by atoms with Crippen molar-refractivity contribution in [1.29, 1.82) is 0 Å². The van der Waals surface area contributed by atoms with Gasteiger partial charge >= 0.3 is 0 Å². The second-order valence-electron chi connectivity index (χ2n) is 6.37. The molecule has 0 unspecified atom stereocenters. The zero-order valence-corrected chi connectivity index (χ0v) is 12.9. The average Bonchev–Trinajstić information content (AvgIpc) is 3.19. The summed E-state index contributed by atoms with van der Waals surface area (Å²) in [5.74, 6) is 1.80. The molecule has 2 aliphatic rings. The molecule has 0 aromatic carbocycles. The van der Waals surface area contributed by atoms with Crippen molar-refractivity contribution in [2.24, 2.45) is 5.92 Å². The Labute approximate surface area is 126 Å². The van der Waals surface area contributed by atoms with Gasteiger partial charge in [-0.2, -0.15) is 0 Å². The van der Waals surface area contributed by atoms with E-state index in [9.17, 15) is 4.79 Å². The SMILES string of the molecule is CC(C)[C@H]1C=CCN1C(=O)c1ccc(CN2CCCC2)o1. The molecule has 3 heterocycles. The van der Waals surface area contributed by atoms with Gasteiger partial charge in [-0.25, -0.2) is 0 Å². The van der Waals surface area contributed by atoms with Crippen molar-refractivity contribution < 1.29 is 9.21 Å². The summed E-state index contributed by atoms with van der Waals surface area (Å²) in [6.07, 6.45) is 6.72. The van der Waals surface area contributed by atoms with Crippen LogP contribution < -0.4 is 0 Å². The fraction of sp³-hybridized carbons (Fsp3) is 0.588. The fourth-order valence-electron chi connectivity index (χ4n) is 3.22. The summed E-state index contributed by atoms with van der Waals surface area (Å²) >= 11 is 0. The van der Waals surface area contributed by atoms with E-state index in [0.717, 1.165) is 25.4 Å². The van der Waals surface area contributed by atoms with Crippen LogP contribution in [-0.2, 0) is 6.54 Å². The topological polar surface area (TPSA) is 36.7 Å². The molecule has 0 N–H and O–H groups in total. The lowest BCUT2D eigenvalue weighted by Crippen LogP contribution is -2.38. The van der Waals surface area contributed by atoms with Gasteiger partial charge in [0.15, 0.2) is 5.76 Å². The minimum atomic E-state index is 0.00590. The van der Waals surface area contributed by atoms with Gasteiger partial charge in [-0.3, -0.25) is 9.69 Å². The molecule has 1 aromatic rings. The predicted octanol–water partition coefficient (Wildman–Crippen LogP) is 2.91. The lowest BCUT2D eigenvalue weighted by molar-refractivity contribution is 0.0685. The minimum absolute atomic E-state index is 0.00590. The van der Waals surface area contributed by atoms with Gasteiger partial charge in [-0.05, 0) is 44.0 Å². The Morgan fingerprint density at radius 3 is 2.81 bits per heavy atom. The van der Waals surface area contributed by atoms with E-state index in [1.807, 2.05) is 17.0 Å². The summed E-state index contributed by atoms with van der Waals surface area (Å²) in [6, 6.07) is 3.95. The Morgan fingerprint density at radius 2 is 2.10 bits per heavy atom. The zero-order valence-electron chi connectivity index (χ0n) is 12.9. The first-order chi connectivity index (χ1) is 10.1. The first-order valence-electron chi connectivity index (χ1n) is 7.94. The largest absolute Gasteiger partial charge is 0.455 e. The van der Waals surface area contributed by atoms with Crippen molar-refractivity contribution in [1.82, 2.24) is 9.80 Å². The molecule has 21 heavy (non-hydrogen) atoms. The van der Waals surface area contributed by atoms with Crippen molar-refractivity contribution in [3.8, 4) is 0 Å². The summed E-state index contributed by atoms with van der Waals surface area (Å²) in [5, 5.41) is 0. The van der Waals surface area contributed by atoms with E-state index in [4.69, 9.17) is 4.42 Å². The first kappa shape index (κ1) is 14.4. The second-order valence-corrected chi connectivity index (χ2v) is 6.37. The molecular formula is C17H24N2O2. The maximum atomic E-state index is 12.6. The lowest BCUT2D eigenvalue weighted by atomic mass is 10.0. The van der Waals surface area contributed by atoms with E-state index in [-0.39, 0.29) is 11.9 Å². The molecule has 1 amide bonds. The summed E-state index contributed by atoms with van der Waals surface area (Å²) in [7, 11) is 0. The monoisotopic (exact) mass is 288 g/mol. The zero-order chi connectivity index (χ0) is 14.8. The van der Waals surface area contributed by atoms with E-state index in [0.29, 0.717) is 18.2 Å². The van der Waals surface area contributed by atoms with Gasteiger partial charge in [-0.15, -0.1) is 0 Å². The smallest absolute Gasteiger partial charge is 0.290 e. The highest BCUT2D eigenvalue weighted by molar-refractivity contribution is 5.92. The standard InChI is InChI=1S/C17H24N2O2/c1-13(2)15-6-5-11-19(15)17(20)16-8-7-14(21-16)12-18-9-3-4-10-18/h5-8,13,15H,3-4,9-12H2,1-2H3/t15-/m1/s1. The number of amides is 1. The van der Waals surface area contributed by atoms with Crippen molar-refractivity contribution in [3.63, 3.8) is 0 Å². The summed E-state index contributed by atoms with van der Waals surface area (Å²) < 4.78 is 5.79. The number of hydrogen-bond acceptors (Lipinski definition) is 3. The lowest BCUT2D eigenvalue weighted by Gasteiger charge is -2.26. The van der Waals surface area contributed by atoms with Crippen molar-refractivity contribution >= 4 is 5.91 Å². The highest BCUT2D eigenvalue weighted by atomic mass is 16.4. The van der Waals surface area contributed by atoms with Crippen molar-refractivity contribution in [2.45, 2.75) is 39.3 Å². The Kier molecular flexibility index (Phi) is 4.15. The van der Waals surface area contributed by atoms with Gasteiger partial charge in [0.25, 0.3) is 5.91 Å². The Hall–Kier alpha value is -1.55. The van der Waals surface area contributed by atoms with Gasteiger partial charge in [0.05, 0.1) is 12.6 Å². The molecule has 1 saturated heterocycles. The number of likely N-dealkylation sites (tertiary alicyclic amines) is 1. The van der Waals surface area contributed by atoms with Crippen molar-refractivity contribution in [2.75, 3.05) is 19.6 Å². The molecule has 0 spiro atoms. The number of rotatable bonds is 4. The second kappa shape index (κ2) is 6.06. The number of carbonyl (C=O) groups excluding carboxylic acids is 1. The maximum Gasteiger partial charge on any atom is 0.290 e. The van der Waals surface area contributed by atoms with Crippen LogP contribution in [0.3, 0.4) is 0 Å². The number of carbonyl (C=O) groups is 1.